The van der Waals surface area contributed by atoms with Crippen molar-refractivity contribution in [1.82, 2.24) is 15.5 Å². The number of rotatable bonds is 9. The number of fused-ring (bicyclic) bond motifs is 1. The molecule has 7 heteroatoms. The summed E-state index contributed by atoms with van der Waals surface area (Å²) < 4.78 is 11.5. The van der Waals surface area contributed by atoms with Gasteiger partial charge in [0.25, 0.3) is 0 Å². The van der Waals surface area contributed by atoms with Crippen LogP contribution in [0.4, 0.5) is 0 Å². The smallest absolute Gasteiger partial charge is 0.234 e. The molecule has 27 heavy (non-hydrogen) atoms. The van der Waals surface area contributed by atoms with Gasteiger partial charge in [0, 0.05) is 30.1 Å². The van der Waals surface area contributed by atoms with Gasteiger partial charge in [-0.1, -0.05) is 0 Å². The van der Waals surface area contributed by atoms with Gasteiger partial charge in [-0.15, -0.1) is 0 Å². The van der Waals surface area contributed by atoms with Gasteiger partial charge in [-0.25, -0.2) is 0 Å². The highest BCUT2D eigenvalue weighted by atomic mass is 16.5. The quantitative estimate of drug-likeness (QED) is 0.679. The molecular weight excluding hydrogens is 346 g/mol. The van der Waals surface area contributed by atoms with Crippen molar-refractivity contribution in [3.05, 3.63) is 23.3 Å². The highest BCUT2D eigenvalue weighted by Gasteiger charge is 2.24. The molecule has 148 valence electrons. The van der Waals surface area contributed by atoms with Gasteiger partial charge in [0.05, 0.1) is 19.7 Å². The predicted molar refractivity (Wildman–Crippen MR) is 102 cm³/mol. The van der Waals surface area contributed by atoms with Gasteiger partial charge in [0.1, 0.15) is 17.6 Å². The predicted octanol–water partition coefficient (Wildman–Crippen LogP) is 1.24. The van der Waals surface area contributed by atoms with Gasteiger partial charge >= 0.3 is 0 Å². The van der Waals surface area contributed by atoms with Crippen LogP contribution in [0.25, 0.3) is 0 Å². The molecule has 0 saturated heterocycles. The summed E-state index contributed by atoms with van der Waals surface area (Å²) in [6.45, 7) is 5.29. The Morgan fingerprint density at radius 1 is 1.26 bits per heavy atom. The summed E-state index contributed by atoms with van der Waals surface area (Å²) in [5.41, 5.74) is 2.04. The van der Waals surface area contributed by atoms with E-state index < -0.39 is 0 Å². The topological polar surface area (TPSA) is 79.9 Å². The lowest BCUT2D eigenvalue weighted by molar-refractivity contribution is -0.124. The molecule has 1 aliphatic heterocycles. The summed E-state index contributed by atoms with van der Waals surface area (Å²) in [5.74, 6) is 1.49. The lowest BCUT2D eigenvalue weighted by atomic mass is 10.1. The number of nitrogens with zero attached hydrogens (tertiary/aromatic N) is 1. The molecule has 1 saturated carbocycles. The normalized spacial score (nSPS) is 18.0. The second kappa shape index (κ2) is 8.61. The number of benzene rings is 1. The Bertz CT molecular complexity index is 703. The fourth-order valence-electron chi connectivity index (χ4n) is 3.21. The summed E-state index contributed by atoms with van der Waals surface area (Å²) in [4.78, 5) is 25.8. The number of hydrogen-bond donors (Lipinski definition) is 2. The third kappa shape index (κ3) is 5.60. The average molecular weight is 375 g/mol. The summed E-state index contributed by atoms with van der Waals surface area (Å²) >= 11 is 0. The van der Waals surface area contributed by atoms with E-state index in [1.54, 1.807) is 11.9 Å². The van der Waals surface area contributed by atoms with Crippen LogP contribution in [0.15, 0.2) is 12.1 Å². The molecule has 1 aliphatic carbocycles. The van der Waals surface area contributed by atoms with Gasteiger partial charge in [-0.2, -0.15) is 0 Å². The van der Waals surface area contributed by atoms with Gasteiger partial charge in [-0.05, 0) is 45.9 Å². The first-order valence-electron chi connectivity index (χ1n) is 9.64. The van der Waals surface area contributed by atoms with Crippen molar-refractivity contribution in [2.24, 2.45) is 0 Å². The van der Waals surface area contributed by atoms with Crippen LogP contribution < -0.4 is 20.1 Å². The third-order valence-electron chi connectivity index (χ3n) is 4.62. The Hall–Kier alpha value is -2.28. The summed E-state index contributed by atoms with van der Waals surface area (Å²) in [7, 11) is 1.77. The molecule has 3 rings (SSSR count). The minimum absolute atomic E-state index is 0.0312. The van der Waals surface area contributed by atoms with Crippen molar-refractivity contribution in [2.45, 2.75) is 51.8 Å². The molecule has 2 N–H and O–H groups in total. The minimum Gasteiger partial charge on any atom is -0.494 e. The Kier molecular flexibility index (Phi) is 6.21. The van der Waals surface area contributed by atoms with E-state index in [-0.39, 0.29) is 31.0 Å². The molecular formula is C20H29N3O4. The number of nitrogens with one attached hydrogen (secondary N) is 2. The van der Waals surface area contributed by atoms with Gasteiger partial charge in [0.15, 0.2) is 0 Å². The van der Waals surface area contributed by atoms with Crippen molar-refractivity contribution in [3.63, 3.8) is 0 Å². The fraction of sp³-hybridized carbons (Fsp3) is 0.600. The first kappa shape index (κ1) is 19.5. The monoisotopic (exact) mass is 375 g/mol. The highest BCUT2D eigenvalue weighted by molar-refractivity contribution is 5.81. The van der Waals surface area contributed by atoms with Gasteiger partial charge in [-0.3, -0.25) is 14.5 Å². The Balaban J connectivity index is 1.51. The van der Waals surface area contributed by atoms with Crippen LogP contribution in [0, 0.1) is 0 Å². The maximum atomic E-state index is 12.2. The van der Waals surface area contributed by atoms with E-state index >= 15 is 0 Å². The molecule has 1 heterocycles. The van der Waals surface area contributed by atoms with E-state index in [9.17, 15) is 9.59 Å². The number of ether oxygens (including phenoxy) is 2. The van der Waals surface area contributed by atoms with Crippen molar-refractivity contribution in [3.8, 4) is 11.5 Å². The van der Waals surface area contributed by atoms with Crippen LogP contribution in [0.5, 0.6) is 11.5 Å². The van der Waals surface area contributed by atoms with Crippen molar-refractivity contribution in [1.29, 1.82) is 0 Å². The number of carbonyl (C=O) groups is 2. The van der Waals surface area contributed by atoms with Crippen LogP contribution in [-0.2, 0) is 22.6 Å². The maximum absolute atomic E-state index is 12.2. The largest absolute Gasteiger partial charge is 0.494 e. The minimum atomic E-state index is -0.131. The van der Waals surface area contributed by atoms with Crippen molar-refractivity contribution >= 4 is 11.8 Å². The Morgan fingerprint density at radius 3 is 2.70 bits per heavy atom. The van der Waals surface area contributed by atoms with E-state index in [4.69, 9.17) is 9.47 Å². The molecule has 1 fully saturated rings. The first-order valence-corrected chi connectivity index (χ1v) is 9.64. The fourth-order valence-corrected chi connectivity index (χ4v) is 3.21. The van der Waals surface area contributed by atoms with Crippen molar-refractivity contribution < 1.29 is 19.1 Å². The van der Waals surface area contributed by atoms with Gasteiger partial charge in [0.2, 0.25) is 11.8 Å². The molecule has 1 aromatic carbocycles. The maximum Gasteiger partial charge on any atom is 0.234 e. The van der Waals surface area contributed by atoms with Crippen molar-refractivity contribution in [2.75, 3.05) is 26.7 Å². The molecule has 0 unspecified atom stereocenters. The summed E-state index contributed by atoms with van der Waals surface area (Å²) in [6, 6.07) is 4.30. The summed E-state index contributed by atoms with van der Waals surface area (Å²) in [5, 5.41) is 5.83. The standard InChI is InChI=1S/C20H29N3O4/c1-4-26-17-8-14-7-13(2)27-18(14)9-15(17)10-21-19(24)11-23(3)12-20(25)22-16-5-6-16/h8-9,13,16H,4-7,10-12H2,1-3H3,(H,21,24)(H,22,25)/t13-/m1/s1. The van der Waals surface area contributed by atoms with Crippen LogP contribution in [-0.4, -0.2) is 55.6 Å². The molecule has 0 radical (unpaired) electrons. The lowest BCUT2D eigenvalue weighted by Crippen LogP contribution is -2.41. The van der Waals surface area contributed by atoms with E-state index in [1.165, 1.54) is 0 Å². The third-order valence-corrected chi connectivity index (χ3v) is 4.62. The van der Waals surface area contributed by atoms with Crippen LogP contribution in [0.1, 0.15) is 37.8 Å². The van der Waals surface area contributed by atoms with E-state index in [0.717, 1.165) is 41.9 Å². The number of amides is 2. The molecule has 2 aliphatic rings. The average Bonchev–Trinajstić information content (AvgIpc) is 3.31. The SMILES string of the molecule is CCOc1cc2c(cc1CNC(=O)CN(C)CC(=O)NC1CC1)O[C@H](C)C2. The van der Waals surface area contributed by atoms with Crippen LogP contribution in [0.2, 0.25) is 0 Å². The molecule has 1 atom stereocenters. The van der Waals surface area contributed by atoms with E-state index in [0.29, 0.717) is 19.2 Å². The number of carbonyl (C=O) groups excluding carboxylic acids is 2. The zero-order chi connectivity index (χ0) is 19.4. The molecule has 1 aromatic rings. The number of likely N-dealkylation sites (N-methyl/N-ethyl adjacent to an activating group) is 1. The zero-order valence-electron chi connectivity index (χ0n) is 16.3. The first-order chi connectivity index (χ1) is 12.9. The second-order valence-electron chi connectivity index (χ2n) is 7.42. The molecule has 2 amide bonds. The van der Waals surface area contributed by atoms with Gasteiger partial charge < -0.3 is 20.1 Å². The molecule has 7 nitrogen and oxygen atoms in total. The molecule has 0 bridgehead atoms. The summed E-state index contributed by atoms with van der Waals surface area (Å²) in [6.07, 6.45) is 3.15. The molecule has 0 spiro atoms. The Labute approximate surface area is 160 Å². The van der Waals surface area contributed by atoms with E-state index in [2.05, 4.69) is 10.6 Å². The zero-order valence-corrected chi connectivity index (χ0v) is 16.3. The Morgan fingerprint density at radius 2 is 2.00 bits per heavy atom. The lowest BCUT2D eigenvalue weighted by Gasteiger charge is -2.17. The number of hydrogen-bond acceptors (Lipinski definition) is 5. The van der Waals surface area contributed by atoms with E-state index in [1.807, 2.05) is 26.0 Å². The second-order valence-corrected chi connectivity index (χ2v) is 7.42. The van der Waals surface area contributed by atoms with Crippen LogP contribution >= 0.6 is 0 Å². The highest BCUT2D eigenvalue weighted by Crippen LogP contribution is 2.35. The molecule has 0 aromatic heterocycles. The van der Waals surface area contributed by atoms with Crippen LogP contribution in [0.3, 0.4) is 0 Å².